The summed E-state index contributed by atoms with van der Waals surface area (Å²) in [5.41, 5.74) is 1.15. The van der Waals surface area contributed by atoms with Crippen molar-refractivity contribution in [1.29, 1.82) is 0 Å². The summed E-state index contributed by atoms with van der Waals surface area (Å²) in [6.07, 6.45) is 1.65. The van der Waals surface area contributed by atoms with Gasteiger partial charge in [0.1, 0.15) is 11.7 Å². The quantitative estimate of drug-likeness (QED) is 0.487. The lowest BCUT2D eigenvalue weighted by Crippen LogP contribution is -2.35. The van der Waals surface area contributed by atoms with Crippen LogP contribution in [0.4, 0.5) is 0 Å². The molecule has 0 saturated carbocycles. The summed E-state index contributed by atoms with van der Waals surface area (Å²) in [7, 11) is 2.85. The lowest BCUT2D eigenvalue weighted by Gasteiger charge is -2.19. The molecule has 29 heavy (non-hydrogen) atoms. The molecule has 0 fully saturated rings. The molecule has 0 aliphatic heterocycles. The van der Waals surface area contributed by atoms with Crippen molar-refractivity contribution in [2.45, 2.75) is 19.1 Å². The van der Waals surface area contributed by atoms with Gasteiger partial charge in [-0.2, -0.15) is 5.10 Å². The van der Waals surface area contributed by atoms with Gasteiger partial charge >= 0.3 is 5.97 Å². The number of benzene rings is 1. The second-order valence-corrected chi connectivity index (χ2v) is 6.56. The summed E-state index contributed by atoms with van der Waals surface area (Å²) in [6, 6.07) is 7.25. The van der Waals surface area contributed by atoms with Crippen molar-refractivity contribution >= 4 is 28.6 Å². The largest absolute Gasteiger partial charge is 0.466 e. The number of rotatable bonds is 9. The van der Waals surface area contributed by atoms with E-state index in [2.05, 4.69) is 15.1 Å². The number of hydrogen-bond donors (Lipinski definition) is 0. The van der Waals surface area contributed by atoms with Gasteiger partial charge in [-0.15, -0.1) is 0 Å². The number of nitrogens with zero attached hydrogens (tertiary/aromatic N) is 4. The molecule has 2 atom stereocenters. The highest BCUT2D eigenvalue weighted by molar-refractivity contribution is 6.32. The summed E-state index contributed by atoms with van der Waals surface area (Å²) in [4.78, 5) is 20.6. The molecular weight excluding hydrogens is 400 g/mol. The maximum absolute atomic E-state index is 12.2. The zero-order valence-electron chi connectivity index (χ0n) is 16.2. The number of fused-ring (bicyclic) bond motifs is 1. The van der Waals surface area contributed by atoms with Gasteiger partial charge in [-0.1, -0.05) is 23.7 Å². The van der Waals surface area contributed by atoms with Crippen LogP contribution >= 0.6 is 11.6 Å². The number of carbonyl (C=O) groups excluding carboxylic acids is 1. The van der Waals surface area contributed by atoms with Crippen molar-refractivity contribution in [3.05, 3.63) is 41.8 Å². The molecule has 3 aromatic rings. The zero-order valence-corrected chi connectivity index (χ0v) is 17.0. The van der Waals surface area contributed by atoms with E-state index in [4.69, 9.17) is 30.5 Å². The Morgan fingerprint density at radius 3 is 2.72 bits per heavy atom. The Balaban J connectivity index is 1.88. The average Bonchev–Trinajstić information content (AvgIpc) is 3.16. The van der Waals surface area contributed by atoms with Crippen molar-refractivity contribution in [2.24, 2.45) is 0 Å². The van der Waals surface area contributed by atoms with E-state index in [9.17, 15) is 4.79 Å². The minimum atomic E-state index is -1.01. The van der Waals surface area contributed by atoms with Crippen molar-refractivity contribution in [2.75, 3.05) is 27.4 Å². The van der Waals surface area contributed by atoms with Crippen molar-refractivity contribution in [1.82, 2.24) is 19.7 Å². The van der Waals surface area contributed by atoms with E-state index in [1.54, 1.807) is 24.1 Å². The van der Waals surface area contributed by atoms with Gasteiger partial charge in [0.05, 0.1) is 43.3 Å². The molecule has 9 nitrogen and oxygen atoms in total. The third-order valence-electron chi connectivity index (χ3n) is 4.06. The van der Waals surface area contributed by atoms with Crippen LogP contribution in [0.5, 0.6) is 5.88 Å². The predicted molar refractivity (Wildman–Crippen MR) is 105 cm³/mol. The normalized spacial score (nSPS) is 13.2. The second-order valence-electron chi connectivity index (χ2n) is 6.15. The van der Waals surface area contributed by atoms with Crippen molar-refractivity contribution in [3.63, 3.8) is 0 Å². The highest BCUT2D eigenvalue weighted by Crippen LogP contribution is 2.27. The fraction of sp³-hybridized carbons (Fsp3) is 0.368. The molecule has 0 bridgehead atoms. The van der Waals surface area contributed by atoms with Crippen LogP contribution < -0.4 is 4.74 Å². The number of methoxy groups -OCH3 is 2. The molecule has 0 aliphatic carbocycles. The molecular formula is C19H21ClN4O5. The summed E-state index contributed by atoms with van der Waals surface area (Å²) >= 11 is 6.27. The Kier molecular flexibility index (Phi) is 6.97. The van der Waals surface area contributed by atoms with Crippen molar-refractivity contribution < 1.29 is 23.7 Å². The standard InChI is InChI=1S/C19H21ClN4O5/c1-12(9-26-2)28-10-16(19(25)27-3)29-18-13-8-23-24(17(13)21-11-22-18)15-7-5-4-6-14(15)20/h4-8,11-12,16H,9-10H2,1-3H3/t12?,16-/m0/s1. The SMILES string of the molecule is COCC(C)OC[C@H](Oc1ncnc2c1cnn2-c1ccccc1Cl)C(=O)OC. The molecule has 0 spiro atoms. The highest BCUT2D eigenvalue weighted by Gasteiger charge is 2.25. The van der Waals surface area contributed by atoms with E-state index in [1.165, 1.54) is 13.4 Å². The lowest BCUT2D eigenvalue weighted by molar-refractivity contribution is -0.153. The monoisotopic (exact) mass is 420 g/mol. The van der Waals surface area contributed by atoms with E-state index >= 15 is 0 Å². The summed E-state index contributed by atoms with van der Waals surface area (Å²) in [5.74, 6) is -0.397. The molecule has 0 saturated heterocycles. The number of para-hydroxylation sites is 1. The summed E-state index contributed by atoms with van der Waals surface area (Å²) < 4.78 is 22.9. The van der Waals surface area contributed by atoms with Crippen LogP contribution in [-0.2, 0) is 19.0 Å². The van der Waals surface area contributed by atoms with Gasteiger partial charge in [0.2, 0.25) is 12.0 Å². The van der Waals surface area contributed by atoms with Gasteiger partial charge in [0.15, 0.2) is 5.65 Å². The first-order chi connectivity index (χ1) is 14.0. The highest BCUT2D eigenvalue weighted by atomic mass is 35.5. The minimum absolute atomic E-state index is 0.0264. The Morgan fingerprint density at radius 2 is 2.00 bits per heavy atom. The molecule has 0 radical (unpaired) electrons. The number of ether oxygens (including phenoxy) is 4. The summed E-state index contributed by atoms with van der Waals surface area (Å²) in [6.45, 7) is 2.19. The fourth-order valence-corrected chi connectivity index (χ4v) is 2.88. The molecule has 3 rings (SSSR count). The predicted octanol–water partition coefficient (Wildman–Crippen LogP) is 2.44. The smallest absolute Gasteiger partial charge is 0.349 e. The maximum atomic E-state index is 12.2. The first-order valence-corrected chi connectivity index (χ1v) is 9.21. The molecule has 1 unspecified atom stereocenters. The Bertz CT molecular complexity index is 980. The maximum Gasteiger partial charge on any atom is 0.349 e. The van der Waals surface area contributed by atoms with Crippen LogP contribution in [0.2, 0.25) is 5.02 Å². The van der Waals surface area contributed by atoms with Gasteiger partial charge in [0.25, 0.3) is 0 Å². The molecule has 0 N–H and O–H groups in total. The third kappa shape index (κ3) is 4.81. The lowest BCUT2D eigenvalue weighted by atomic mass is 10.3. The number of carbonyl (C=O) groups is 1. The molecule has 2 aromatic heterocycles. The molecule has 0 amide bonds. The number of aromatic nitrogens is 4. The zero-order chi connectivity index (χ0) is 20.8. The van der Waals surface area contributed by atoms with E-state index in [-0.39, 0.29) is 18.6 Å². The first-order valence-electron chi connectivity index (χ1n) is 8.83. The topological polar surface area (TPSA) is 97.6 Å². The average molecular weight is 421 g/mol. The second kappa shape index (κ2) is 9.64. The Labute approximate surface area is 172 Å². The van der Waals surface area contributed by atoms with Gasteiger partial charge in [-0.25, -0.2) is 19.4 Å². The van der Waals surface area contributed by atoms with Crippen LogP contribution in [0.3, 0.4) is 0 Å². The Morgan fingerprint density at radius 1 is 1.21 bits per heavy atom. The molecule has 154 valence electrons. The van der Waals surface area contributed by atoms with Crippen molar-refractivity contribution in [3.8, 4) is 11.6 Å². The molecule has 10 heteroatoms. The number of halogens is 1. The van der Waals surface area contributed by atoms with E-state index in [0.29, 0.717) is 28.4 Å². The first kappa shape index (κ1) is 21.0. The van der Waals surface area contributed by atoms with Gasteiger partial charge in [-0.05, 0) is 19.1 Å². The number of esters is 1. The minimum Gasteiger partial charge on any atom is -0.466 e. The molecule has 1 aromatic carbocycles. The van der Waals surface area contributed by atoms with Crippen LogP contribution in [0.15, 0.2) is 36.8 Å². The van der Waals surface area contributed by atoms with Crippen LogP contribution in [-0.4, -0.2) is 65.4 Å². The molecule has 2 heterocycles. The third-order valence-corrected chi connectivity index (χ3v) is 4.38. The van der Waals surface area contributed by atoms with Crippen LogP contribution in [0.1, 0.15) is 6.92 Å². The summed E-state index contributed by atoms with van der Waals surface area (Å²) in [5, 5.41) is 5.38. The fourth-order valence-electron chi connectivity index (χ4n) is 2.67. The number of hydrogen-bond acceptors (Lipinski definition) is 8. The van der Waals surface area contributed by atoms with Crippen LogP contribution in [0, 0.1) is 0 Å². The van der Waals surface area contributed by atoms with E-state index in [1.807, 2.05) is 25.1 Å². The van der Waals surface area contributed by atoms with E-state index < -0.39 is 12.1 Å². The van der Waals surface area contributed by atoms with E-state index in [0.717, 1.165) is 0 Å². The van der Waals surface area contributed by atoms with Gasteiger partial charge in [0, 0.05) is 7.11 Å². The van der Waals surface area contributed by atoms with Gasteiger partial charge < -0.3 is 18.9 Å². The Hall–Kier alpha value is -2.75. The molecule has 0 aliphatic rings. The van der Waals surface area contributed by atoms with Crippen LogP contribution in [0.25, 0.3) is 16.7 Å². The van der Waals surface area contributed by atoms with Gasteiger partial charge in [-0.3, -0.25) is 0 Å².